The van der Waals surface area contributed by atoms with Crippen LogP contribution in [0.4, 0.5) is 0 Å². The van der Waals surface area contributed by atoms with Crippen molar-refractivity contribution >= 4 is 35.0 Å². The molecule has 0 bridgehead atoms. The summed E-state index contributed by atoms with van der Waals surface area (Å²) in [5.74, 6) is -1.50. The van der Waals surface area contributed by atoms with Gasteiger partial charge in [0.05, 0.1) is 29.7 Å². The molecule has 1 fully saturated rings. The number of aromatic hydroxyl groups is 1. The minimum absolute atomic E-state index is 0.0266. The van der Waals surface area contributed by atoms with E-state index < -0.39 is 17.1 Å². The van der Waals surface area contributed by atoms with Crippen molar-refractivity contribution < 1.29 is 19.8 Å². The van der Waals surface area contributed by atoms with Crippen molar-refractivity contribution in [3.63, 3.8) is 0 Å². The summed E-state index contributed by atoms with van der Waals surface area (Å²) in [6, 6.07) is 4.90. The number of carbonyl (C=O) groups is 2. The Bertz CT molecular complexity index is 984. The van der Waals surface area contributed by atoms with Gasteiger partial charge in [0.1, 0.15) is 11.0 Å². The number of phenolic OH excluding ortho intramolecular Hbond substituents is 1. The number of carboxylic acids is 1. The molecule has 28 heavy (non-hydrogen) atoms. The molecule has 2 heterocycles. The summed E-state index contributed by atoms with van der Waals surface area (Å²) in [5.41, 5.74) is 2.75. The van der Waals surface area contributed by atoms with E-state index in [1.54, 1.807) is 12.1 Å². The number of hydrogen-bond acceptors (Lipinski definition) is 8. The van der Waals surface area contributed by atoms with E-state index >= 15 is 0 Å². The van der Waals surface area contributed by atoms with Gasteiger partial charge in [0, 0.05) is 11.6 Å². The molecule has 0 radical (unpaired) electrons. The molecular weight excluding hydrogens is 384 g/mol. The number of aryl methyl sites for hydroxylation is 2. The maximum absolute atomic E-state index is 11.6. The van der Waals surface area contributed by atoms with E-state index in [9.17, 15) is 14.7 Å². The lowest BCUT2D eigenvalue weighted by Crippen LogP contribution is -2.26. The van der Waals surface area contributed by atoms with Crippen LogP contribution in [-0.4, -0.2) is 53.7 Å². The van der Waals surface area contributed by atoms with Crippen LogP contribution in [0.2, 0.25) is 0 Å². The largest absolute Gasteiger partial charge is 0.507 e. The van der Waals surface area contributed by atoms with E-state index in [1.807, 2.05) is 13.8 Å². The molecule has 1 aromatic heterocycles. The molecule has 1 aliphatic heterocycles. The quantitative estimate of drug-likeness (QED) is 0.487. The van der Waals surface area contributed by atoms with Crippen LogP contribution in [0.15, 0.2) is 28.4 Å². The Morgan fingerprint density at radius 2 is 2.21 bits per heavy atom. The topological polar surface area (TPSA) is 142 Å². The second-order valence-corrected chi connectivity index (χ2v) is 7.15. The minimum atomic E-state index is -1.06. The second-order valence-electron chi connectivity index (χ2n) is 5.96. The Labute approximate surface area is 164 Å². The fourth-order valence-corrected chi connectivity index (χ4v) is 3.42. The van der Waals surface area contributed by atoms with E-state index in [-0.39, 0.29) is 17.3 Å². The number of thioether (sulfide) groups is 1. The average Bonchev–Trinajstić information content (AvgIpc) is 3.18. The third-order valence-corrected chi connectivity index (χ3v) is 5.01. The first-order chi connectivity index (χ1) is 13.4. The molecule has 1 aromatic carbocycles. The molecular formula is C17H18N6O4S. The molecule has 10 nitrogen and oxygen atoms in total. The van der Waals surface area contributed by atoms with Gasteiger partial charge in [-0.1, -0.05) is 18.7 Å². The number of carbonyl (C=O) groups excluding carboxylic acids is 1. The molecule has 146 valence electrons. The lowest BCUT2D eigenvalue weighted by Gasteiger charge is -2.03. The molecule has 11 heteroatoms. The Balaban J connectivity index is 1.71. The van der Waals surface area contributed by atoms with Gasteiger partial charge in [0.25, 0.3) is 0 Å². The zero-order chi connectivity index (χ0) is 20.3. The average molecular weight is 402 g/mol. The fraction of sp³-hybridized carbons (Fsp3) is 0.294. The van der Waals surface area contributed by atoms with Crippen LogP contribution in [0.5, 0.6) is 5.75 Å². The summed E-state index contributed by atoms with van der Waals surface area (Å²) in [5, 5.41) is 37.3. The third kappa shape index (κ3) is 4.36. The molecule has 2 aromatic rings. The molecule has 3 rings (SSSR count). The summed E-state index contributed by atoms with van der Waals surface area (Å²) in [6.07, 6.45) is 1.82. The number of hydrogen-bond donors (Lipinski definition) is 3. The molecule has 3 N–H and O–H groups in total. The van der Waals surface area contributed by atoms with Gasteiger partial charge in [0.2, 0.25) is 5.91 Å². The Morgan fingerprint density at radius 3 is 2.86 bits per heavy atom. The summed E-state index contributed by atoms with van der Waals surface area (Å²) < 4.78 is 0. The highest BCUT2D eigenvalue weighted by atomic mass is 32.2. The summed E-state index contributed by atoms with van der Waals surface area (Å²) >= 11 is 1.00. The van der Waals surface area contributed by atoms with Crippen molar-refractivity contribution in [1.82, 2.24) is 20.3 Å². The summed E-state index contributed by atoms with van der Waals surface area (Å²) in [4.78, 5) is 23.8. The molecule has 1 unspecified atom stereocenters. The summed E-state index contributed by atoms with van der Waals surface area (Å²) in [6.45, 7) is 3.87. The first kappa shape index (κ1) is 19.5. The van der Waals surface area contributed by atoms with Gasteiger partial charge in [-0.2, -0.15) is 20.1 Å². The standard InChI is InChI=1S/C17H18N6O4S/c1-3-12-9(2)21-23(22-12)11-5-4-10(13(24)6-11)8-18-20-17-19-16(27)14(28-17)7-15(25)26/h4-6,8,14,24H,3,7H2,1-2H3,(H,25,26)(H,19,20,27). The first-order valence-corrected chi connectivity index (χ1v) is 9.32. The van der Waals surface area contributed by atoms with E-state index in [4.69, 9.17) is 5.11 Å². The second kappa shape index (κ2) is 8.21. The molecule has 1 aliphatic rings. The highest BCUT2D eigenvalue weighted by molar-refractivity contribution is 8.15. The number of nitrogens with one attached hydrogen (secondary N) is 1. The summed E-state index contributed by atoms with van der Waals surface area (Å²) in [7, 11) is 0. The number of amidine groups is 1. The van der Waals surface area contributed by atoms with Gasteiger partial charge < -0.3 is 15.5 Å². The third-order valence-electron chi connectivity index (χ3n) is 3.94. The lowest BCUT2D eigenvalue weighted by atomic mass is 10.2. The van der Waals surface area contributed by atoms with Gasteiger partial charge in [0.15, 0.2) is 5.17 Å². The predicted molar refractivity (Wildman–Crippen MR) is 104 cm³/mol. The molecule has 1 amide bonds. The minimum Gasteiger partial charge on any atom is -0.507 e. The molecule has 1 saturated heterocycles. The van der Waals surface area contributed by atoms with Crippen LogP contribution in [0.3, 0.4) is 0 Å². The van der Waals surface area contributed by atoms with Crippen molar-refractivity contribution in [2.75, 3.05) is 0 Å². The van der Waals surface area contributed by atoms with Crippen LogP contribution in [0.25, 0.3) is 5.69 Å². The fourth-order valence-electron chi connectivity index (χ4n) is 2.51. The number of amides is 1. The Hall–Kier alpha value is -3.21. The van der Waals surface area contributed by atoms with Crippen LogP contribution in [0.1, 0.15) is 30.3 Å². The number of aliphatic carboxylic acids is 1. The monoisotopic (exact) mass is 402 g/mol. The Morgan fingerprint density at radius 1 is 1.43 bits per heavy atom. The Kier molecular flexibility index (Phi) is 5.73. The van der Waals surface area contributed by atoms with Gasteiger partial charge in [-0.25, -0.2) is 0 Å². The smallest absolute Gasteiger partial charge is 0.305 e. The highest BCUT2D eigenvalue weighted by Crippen LogP contribution is 2.23. The van der Waals surface area contributed by atoms with E-state index in [1.165, 1.54) is 17.1 Å². The van der Waals surface area contributed by atoms with Crippen molar-refractivity contribution in [3.8, 4) is 11.4 Å². The maximum atomic E-state index is 11.6. The molecule has 0 spiro atoms. The lowest BCUT2D eigenvalue weighted by molar-refractivity contribution is -0.138. The SMILES string of the molecule is CCc1nn(-c2ccc(C=NN=C3NC(=O)C(CC(=O)O)S3)c(O)c2)nc1C. The van der Waals surface area contributed by atoms with Crippen LogP contribution < -0.4 is 5.32 Å². The van der Waals surface area contributed by atoms with Crippen molar-refractivity contribution in [1.29, 1.82) is 0 Å². The van der Waals surface area contributed by atoms with Gasteiger partial charge in [-0.15, -0.1) is 5.10 Å². The van der Waals surface area contributed by atoms with E-state index in [0.29, 0.717) is 11.3 Å². The van der Waals surface area contributed by atoms with Gasteiger partial charge in [-0.05, 0) is 25.5 Å². The number of benzene rings is 1. The van der Waals surface area contributed by atoms with Crippen LogP contribution in [-0.2, 0) is 16.0 Å². The molecule has 0 saturated carbocycles. The zero-order valence-corrected chi connectivity index (χ0v) is 16.0. The van der Waals surface area contributed by atoms with Crippen LogP contribution in [0, 0.1) is 6.92 Å². The zero-order valence-electron chi connectivity index (χ0n) is 15.2. The molecule has 0 aliphatic carbocycles. The number of carboxylic acid groups (broad SMARTS) is 1. The van der Waals surface area contributed by atoms with Gasteiger partial charge in [-0.3, -0.25) is 9.59 Å². The van der Waals surface area contributed by atoms with E-state index in [2.05, 4.69) is 25.7 Å². The number of aromatic nitrogens is 3. The number of phenols is 1. The highest BCUT2D eigenvalue weighted by Gasteiger charge is 2.32. The van der Waals surface area contributed by atoms with Crippen molar-refractivity contribution in [2.45, 2.75) is 31.9 Å². The van der Waals surface area contributed by atoms with Crippen molar-refractivity contribution in [3.05, 3.63) is 35.2 Å². The number of nitrogens with zero attached hydrogens (tertiary/aromatic N) is 5. The van der Waals surface area contributed by atoms with Crippen LogP contribution >= 0.6 is 11.8 Å². The van der Waals surface area contributed by atoms with Crippen molar-refractivity contribution in [2.24, 2.45) is 10.2 Å². The number of rotatable bonds is 6. The predicted octanol–water partition coefficient (Wildman–Crippen LogP) is 1.24. The van der Waals surface area contributed by atoms with Gasteiger partial charge >= 0.3 is 5.97 Å². The molecule has 1 atom stereocenters. The normalized spacial score (nSPS) is 18.1. The van der Waals surface area contributed by atoms with E-state index in [0.717, 1.165) is 29.6 Å². The first-order valence-electron chi connectivity index (χ1n) is 8.44. The maximum Gasteiger partial charge on any atom is 0.305 e.